The second-order valence-corrected chi connectivity index (χ2v) is 5.74. The molecule has 0 spiro atoms. The van der Waals surface area contributed by atoms with Crippen LogP contribution in [-0.2, 0) is 4.79 Å². The fourth-order valence-corrected chi connectivity index (χ4v) is 1.81. The number of carbonyl (C=O) groups excluding carboxylic acids is 2. The zero-order valence-electron chi connectivity index (χ0n) is 11.9. The van der Waals surface area contributed by atoms with Crippen LogP contribution in [0.2, 0.25) is 0 Å². The van der Waals surface area contributed by atoms with Crippen LogP contribution in [-0.4, -0.2) is 23.2 Å². The Hall–Kier alpha value is -2.23. The molecular weight excluding hydrogens is 252 g/mol. The van der Waals surface area contributed by atoms with Gasteiger partial charge in [0.05, 0.1) is 6.54 Å². The topological polar surface area (TPSA) is 59.1 Å². The summed E-state index contributed by atoms with van der Waals surface area (Å²) in [5.74, 6) is -0.328. The van der Waals surface area contributed by atoms with E-state index < -0.39 is 5.41 Å². The Bertz CT molecular complexity index is 652. The lowest BCUT2D eigenvalue weighted by molar-refractivity contribution is -0.125. The third-order valence-corrected chi connectivity index (χ3v) is 3.13. The maximum atomic E-state index is 12.2. The number of hydrogen-bond acceptors (Lipinski definition) is 3. The lowest BCUT2D eigenvalue weighted by atomic mass is 9.91. The van der Waals surface area contributed by atoms with Crippen molar-refractivity contribution >= 4 is 22.5 Å². The number of Topliss-reactive ketones (excluding diaryl/α,β-unsaturated/α-hetero) is 1. The highest BCUT2D eigenvalue weighted by atomic mass is 16.2. The number of fused-ring (bicyclic) bond motifs is 1. The van der Waals surface area contributed by atoms with Crippen molar-refractivity contribution in [3.63, 3.8) is 0 Å². The van der Waals surface area contributed by atoms with Crippen molar-refractivity contribution in [3.8, 4) is 0 Å². The van der Waals surface area contributed by atoms with Gasteiger partial charge < -0.3 is 5.32 Å². The van der Waals surface area contributed by atoms with Gasteiger partial charge in [-0.2, -0.15) is 0 Å². The average Bonchev–Trinajstić information content (AvgIpc) is 2.42. The number of rotatable bonds is 3. The summed E-state index contributed by atoms with van der Waals surface area (Å²) in [4.78, 5) is 28.1. The lowest BCUT2D eigenvalue weighted by Crippen LogP contribution is -2.35. The van der Waals surface area contributed by atoms with E-state index >= 15 is 0 Å². The SMILES string of the molecule is CC(C)(C)C(=O)CNC(=O)c1nccc2ccccc12. The number of carbonyl (C=O) groups is 2. The molecule has 2 aromatic rings. The van der Waals surface area contributed by atoms with Crippen LogP contribution in [0, 0.1) is 5.41 Å². The first-order valence-corrected chi connectivity index (χ1v) is 6.55. The van der Waals surface area contributed by atoms with E-state index in [0.29, 0.717) is 5.69 Å². The Labute approximate surface area is 118 Å². The normalized spacial score (nSPS) is 11.3. The summed E-state index contributed by atoms with van der Waals surface area (Å²) in [7, 11) is 0. The number of ketones is 1. The third-order valence-electron chi connectivity index (χ3n) is 3.13. The maximum absolute atomic E-state index is 12.2. The molecule has 1 amide bonds. The van der Waals surface area contributed by atoms with Gasteiger partial charge in [0.2, 0.25) is 0 Å². The molecule has 0 radical (unpaired) electrons. The van der Waals surface area contributed by atoms with Gasteiger partial charge in [-0.1, -0.05) is 45.0 Å². The first-order valence-electron chi connectivity index (χ1n) is 6.55. The van der Waals surface area contributed by atoms with E-state index in [0.717, 1.165) is 10.8 Å². The third kappa shape index (κ3) is 3.02. The highest BCUT2D eigenvalue weighted by molar-refractivity contribution is 6.06. The molecule has 4 nitrogen and oxygen atoms in total. The van der Waals surface area contributed by atoms with Gasteiger partial charge in [0.1, 0.15) is 5.69 Å². The Morgan fingerprint density at radius 3 is 2.55 bits per heavy atom. The van der Waals surface area contributed by atoms with Gasteiger partial charge in [-0.3, -0.25) is 14.6 Å². The van der Waals surface area contributed by atoms with Crippen LogP contribution in [0.3, 0.4) is 0 Å². The van der Waals surface area contributed by atoms with E-state index in [1.807, 2.05) is 51.1 Å². The van der Waals surface area contributed by atoms with E-state index in [-0.39, 0.29) is 18.2 Å². The van der Waals surface area contributed by atoms with Gasteiger partial charge in [0.15, 0.2) is 5.78 Å². The van der Waals surface area contributed by atoms with Crippen LogP contribution in [0.25, 0.3) is 10.8 Å². The summed E-state index contributed by atoms with van der Waals surface area (Å²) < 4.78 is 0. The number of hydrogen-bond donors (Lipinski definition) is 1. The minimum Gasteiger partial charge on any atom is -0.344 e. The molecule has 0 aliphatic rings. The van der Waals surface area contributed by atoms with Crippen molar-refractivity contribution in [2.24, 2.45) is 5.41 Å². The number of nitrogens with zero attached hydrogens (tertiary/aromatic N) is 1. The maximum Gasteiger partial charge on any atom is 0.270 e. The first kappa shape index (κ1) is 14.2. The first-order chi connectivity index (χ1) is 9.39. The molecule has 0 unspecified atom stereocenters. The van der Waals surface area contributed by atoms with Crippen LogP contribution < -0.4 is 5.32 Å². The predicted octanol–water partition coefficient (Wildman–Crippen LogP) is 2.58. The van der Waals surface area contributed by atoms with E-state index in [1.54, 1.807) is 6.20 Å². The van der Waals surface area contributed by atoms with Crippen LogP contribution in [0.4, 0.5) is 0 Å². The predicted molar refractivity (Wildman–Crippen MR) is 78.5 cm³/mol. The molecule has 0 saturated heterocycles. The molecule has 20 heavy (non-hydrogen) atoms. The van der Waals surface area contributed by atoms with Crippen molar-refractivity contribution in [1.29, 1.82) is 0 Å². The molecule has 0 aliphatic heterocycles. The Morgan fingerprint density at radius 2 is 1.85 bits per heavy atom. The average molecular weight is 270 g/mol. The van der Waals surface area contributed by atoms with E-state index in [1.165, 1.54) is 0 Å². The molecule has 1 aromatic carbocycles. The molecule has 1 N–H and O–H groups in total. The summed E-state index contributed by atoms with van der Waals surface area (Å²) in [6, 6.07) is 9.40. The summed E-state index contributed by atoms with van der Waals surface area (Å²) in [6.07, 6.45) is 1.60. The largest absolute Gasteiger partial charge is 0.344 e. The monoisotopic (exact) mass is 270 g/mol. The van der Waals surface area contributed by atoms with Gasteiger partial charge in [-0.25, -0.2) is 0 Å². The van der Waals surface area contributed by atoms with E-state index in [4.69, 9.17) is 0 Å². The van der Waals surface area contributed by atoms with E-state index in [9.17, 15) is 9.59 Å². The number of amides is 1. The molecular formula is C16H18N2O2. The van der Waals surface area contributed by atoms with Crippen LogP contribution in [0.5, 0.6) is 0 Å². The number of benzene rings is 1. The summed E-state index contributed by atoms with van der Waals surface area (Å²) in [6.45, 7) is 5.51. The van der Waals surface area contributed by atoms with Crippen LogP contribution in [0.15, 0.2) is 36.5 Å². The number of pyridine rings is 1. The molecule has 4 heteroatoms. The molecule has 104 valence electrons. The minimum atomic E-state index is -0.459. The fraction of sp³-hybridized carbons (Fsp3) is 0.312. The molecule has 0 fully saturated rings. The fourth-order valence-electron chi connectivity index (χ4n) is 1.81. The van der Waals surface area contributed by atoms with Crippen molar-refractivity contribution in [3.05, 3.63) is 42.2 Å². The summed E-state index contributed by atoms with van der Waals surface area (Å²) in [5.41, 5.74) is -0.107. The van der Waals surface area contributed by atoms with Crippen molar-refractivity contribution < 1.29 is 9.59 Å². The van der Waals surface area contributed by atoms with Gasteiger partial charge in [-0.05, 0) is 11.5 Å². The molecule has 2 rings (SSSR count). The molecule has 0 aliphatic carbocycles. The molecule has 0 bridgehead atoms. The Morgan fingerprint density at radius 1 is 1.15 bits per heavy atom. The number of aromatic nitrogens is 1. The highest BCUT2D eigenvalue weighted by Gasteiger charge is 2.22. The van der Waals surface area contributed by atoms with Gasteiger partial charge >= 0.3 is 0 Å². The lowest BCUT2D eigenvalue weighted by Gasteiger charge is -2.16. The molecule has 1 aromatic heterocycles. The zero-order valence-corrected chi connectivity index (χ0v) is 11.9. The van der Waals surface area contributed by atoms with Crippen molar-refractivity contribution in [2.45, 2.75) is 20.8 Å². The van der Waals surface area contributed by atoms with Crippen molar-refractivity contribution in [2.75, 3.05) is 6.54 Å². The second-order valence-electron chi connectivity index (χ2n) is 5.74. The zero-order chi connectivity index (χ0) is 14.8. The van der Waals surface area contributed by atoms with Gasteiger partial charge in [0, 0.05) is 17.0 Å². The molecule has 0 atom stereocenters. The smallest absolute Gasteiger partial charge is 0.270 e. The molecule has 1 heterocycles. The van der Waals surface area contributed by atoms with Crippen molar-refractivity contribution in [1.82, 2.24) is 10.3 Å². The minimum absolute atomic E-state index is 0.00825. The quantitative estimate of drug-likeness (QED) is 0.932. The highest BCUT2D eigenvalue weighted by Crippen LogP contribution is 2.17. The summed E-state index contributed by atoms with van der Waals surface area (Å²) in [5, 5.41) is 4.39. The van der Waals surface area contributed by atoms with E-state index in [2.05, 4.69) is 10.3 Å². The Kier molecular flexibility index (Phi) is 3.84. The number of nitrogens with one attached hydrogen (secondary N) is 1. The van der Waals surface area contributed by atoms with Crippen LogP contribution in [0.1, 0.15) is 31.3 Å². The van der Waals surface area contributed by atoms with Gasteiger partial charge in [0.25, 0.3) is 5.91 Å². The standard InChI is InChI=1S/C16H18N2O2/c1-16(2,3)13(19)10-18-15(20)14-12-7-5-4-6-11(12)8-9-17-14/h4-9H,10H2,1-3H3,(H,18,20). The molecule has 0 saturated carbocycles. The van der Waals surface area contributed by atoms with Gasteiger partial charge in [-0.15, -0.1) is 0 Å². The summed E-state index contributed by atoms with van der Waals surface area (Å²) >= 11 is 0. The second kappa shape index (κ2) is 5.41. The Balaban J connectivity index is 2.18. The van der Waals surface area contributed by atoms with Crippen LogP contribution >= 0.6 is 0 Å².